The van der Waals surface area contributed by atoms with Crippen LogP contribution in [0.5, 0.6) is 0 Å². The van der Waals surface area contributed by atoms with E-state index in [-0.39, 0.29) is 17.3 Å². The van der Waals surface area contributed by atoms with Crippen molar-refractivity contribution < 1.29 is 4.79 Å². The van der Waals surface area contributed by atoms with Crippen molar-refractivity contribution in [2.24, 2.45) is 10.7 Å². The van der Waals surface area contributed by atoms with Crippen molar-refractivity contribution in [3.63, 3.8) is 0 Å². The standard InChI is InChI=1S/C9H19N3OS/c1-7(2)12-9(3,4)11-6-14-5-8(10)13/h6-7,12H,5H2,1-4H3,(H2,10,13). The molecule has 0 aromatic heterocycles. The molecule has 0 unspecified atom stereocenters. The molecule has 0 aliphatic heterocycles. The maximum atomic E-state index is 10.4. The van der Waals surface area contributed by atoms with Crippen LogP contribution in [-0.4, -0.2) is 28.9 Å². The molecule has 0 saturated carbocycles. The third-order valence-corrected chi connectivity index (χ3v) is 2.02. The summed E-state index contributed by atoms with van der Waals surface area (Å²) in [7, 11) is 0. The number of carbonyl (C=O) groups is 1. The molecule has 0 aliphatic rings. The highest BCUT2D eigenvalue weighted by atomic mass is 32.2. The Morgan fingerprint density at radius 2 is 2.21 bits per heavy atom. The van der Waals surface area contributed by atoms with E-state index in [2.05, 4.69) is 24.2 Å². The quantitative estimate of drug-likeness (QED) is 0.514. The number of thioether (sulfide) groups is 1. The lowest BCUT2D eigenvalue weighted by Crippen LogP contribution is -2.41. The summed E-state index contributed by atoms with van der Waals surface area (Å²) in [4.78, 5) is 14.7. The van der Waals surface area contributed by atoms with Crippen molar-refractivity contribution in [2.75, 3.05) is 5.75 Å². The highest BCUT2D eigenvalue weighted by Crippen LogP contribution is 2.06. The van der Waals surface area contributed by atoms with E-state index in [1.165, 1.54) is 11.8 Å². The fourth-order valence-electron chi connectivity index (χ4n) is 1.03. The molecule has 5 heteroatoms. The first kappa shape index (κ1) is 13.4. The largest absolute Gasteiger partial charge is 0.369 e. The van der Waals surface area contributed by atoms with E-state index in [1.807, 2.05) is 13.8 Å². The summed E-state index contributed by atoms with van der Waals surface area (Å²) in [5, 5.41) is 3.28. The van der Waals surface area contributed by atoms with Crippen LogP contribution in [0.1, 0.15) is 27.7 Å². The van der Waals surface area contributed by atoms with Crippen LogP contribution in [0.15, 0.2) is 4.99 Å². The predicted molar refractivity (Wildman–Crippen MR) is 62.5 cm³/mol. The first-order chi connectivity index (χ1) is 6.33. The smallest absolute Gasteiger partial charge is 0.227 e. The molecule has 0 fully saturated rings. The van der Waals surface area contributed by atoms with Gasteiger partial charge in [0.2, 0.25) is 5.91 Å². The number of nitrogens with two attached hydrogens (primary N) is 1. The SMILES string of the molecule is CC(C)NC(C)(C)N=CSCC(N)=O. The van der Waals surface area contributed by atoms with Gasteiger partial charge in [0.05, 0.1) is 11.3 Å². The van der Waals surface area contributed by atoms with Gasteiger partial charge < -0.3 is 5.73 Å². The Hall–Kier alpha value is -0.550. The molecule has 0 aliphatic carbocycles. The van der Waals surface area contributed by atoms with Gasteiger partial charge in [-0.2, -0.15) is 0 Å². The number of aliphatic imine (C=N–C) groups is 1. The van der Waals surface area contributed by atoms with E-state index < -0.39 is 0 Å². The summed E-state index contributed by atoms with van der Waals surface area (Å²) >= 11 is 1.31. The topological polar surface area (TPSA) is 67.5 Å². The Morgan fingerprint density at radius 3 is 2.64 bits per heavy atom. The second-order valence-corrected chi connectivity index (χ2v) is 4.70. The van der Waals surface area contributed by atoms with Crippen molar-refractivity contribution in [3.8, 4) is 0 Å². The zero-order chi connectivity index (χ0) is 11.2. The van der Waals surface area contributed by atoms with Crippen molar-refractivity contribution in [3.05, 3.63) is 0 Å². The van der Waals surface area contributed by atoms with Crippen LogP contribution < -0.4 is 11.1 Å². The van der Waals surface area contributed by atoms with Gasteiger partial charge in [0, 0.05) is 6.04 Å². The number of nitrogens with one attached hydrogen (secondary N) is 1. The number of rotatable bonds is 6. The Labute approximate surface area is 89.7 Å². The molecule has 0 saturated heterocycles. The zero-order valence-electron chi connectivity index (χ0n) is 9.20. The lowest BCUT2D eigenvalue weighted by Gasteiger charge is -2.24. The molecule has 0 bridgehead atoms. The highest BCUT2D eigenvalue weighted by Gasteiger charge is 2.14. The van der Waals surface area contributed by atoms with Crippen molar-refractivity contribution in [2.45, 2.75) is 39.4 Å². The molecule has 0 radical (unpaired) electrons. The monoisotopic (exact) mass is 217 g/mol. The minimum atomic E-state index is -0.323. The number of hydrogen-bond donors (Lipinski definition) is 2. The molecule has 14 heavy (non-hydrogen) atoms. The fraction of sp³-hybridized carbons (Fsp3) is 0.778. The van der Waals surface area contributed by atoms with E-state index in [9.17, 15) is 4.79 Å². The molecule has 3 N–H and O–H groups in total. The lowest BCUT2D eigenvalue weighted by molar-refractivity contribution is -0.115. The summed E-state index contributed by atoms with van der Waals surface area (Å²) in [5.41, 5.74) is 6.36. The first-order valence-electron chi connectivity index (χ1n) is 4.55. The second kappa shape index (κ2) is 6.03. The van der Waals surface area contributed by atoms with Crippen LogP contribution in [0.4, 0.5) is 0 Å². The first-order valence-corrected chi connectivity index (χ1v) is 5.59. The minimum absolute atomic E-state index is 0.279. The van der Waals surface area contributed by atoms with Gasteiger partial charge >= 0.3 is 0 Å². The molecule has 0 aromatic rings. The summed E-state index contributed by atoms with van der Waals surface area (Å²) in [6.45, 7) is 8.09. The van der Waals surface area contributed by atoms with Gasteiger partial charge in [-0.25, -0.2) is 0 Å². The van der Waals surface area contributed by atoms with Gasteiger partial charge in [0.25, 0.3) is 0 Å². The van der Waals surface area contributed by atoms with E-state index in [0.717, 1.165) is 0 Å². The van der Waals surface area contributed by atoms with Crippen LogP contribution in [0.25, 0.3) is 0 Å². The number of hydrogen-bond acceptors (Lipinski definition) is 4. The van der Waals surface area contributed by atoms with Crippen molar-refractivity contribution >= 4 is 23.2 Å². The van der Waals surface area contributed by atoms with Crippen LogP contribution in [0, 0.1) is 0 Å². The number of primary amides is 1. The maximum absolute atomic E-state index is 10.4. The molecular formula is C9H19N3OS. The van der Waals surface area contributed by atoms with Gasteiger partial charge in [-0.05, 0) is 27.7 Å². The van der Waals surface area contributed by atoms with E-state index in [0.29, 0.717) is 6.04 Å². The lowest BCUT2D eigenvalue weighted by atomic mass is 10.2. The van der Waals surface area contributed by atoms with E-state index >= 15 is 0 Å². The summed E-state index contributed by atoms with van der Waals surface area (Å²) in [6, 6.07) is 0.378. The predicted octanol–water partition coefficient (Wildman–Crippen LogP) is 0.967. The Kier molecular flexibility index (Phi) is 5.79. The summed E-state index contributed by atoms with van der Waals surface area (Å²) < 4.78 is 0. The van der Waals surface area contributed by atoms with Crippen LogP contribution in [0.3, 0.4) is 0 Å². The second-order valence-electron chi connectivity index (χ2n) is 3.87. The van der Waals surface area contributed by atoms with Crippen LogP contribution in [0.2, 0.25) is 0 Å². The number of carbonyl (C=O) groups excluding carboxylic acids is 1. The third-order valence-electron chi connectivity index (χ3n) is 1.32. The molecule has 4 nitrogen and oxygen atoms in total. The average molecular weight is 217 g/mol. The van der Waals surface area contributed by atoms with Gasteiger partial charge in [-0.15, -0.1) is 11.8 Å². The molecule has 0 atom stereocenters. The van der Waals surface area contributed by atoms with E-state index in [4.69, 9.17) is 5.73 Å². The highest BCUT2D eigenvalue weighted by molar-refractivity contribution is 8.12. The summed E-state index contributed by atoms with van der Waals surface area (Å²) in [5.74, 6) is -0.0441. The molecular weight excluding hydrogens is 198 g/mol. The summed E-state index contributed by atoms with van der Waals surface area (Å²) in [6.07, 6.45) is 0. The third kappa shape index (κ3) is 8.07. The maximum Gasteiger partial charge on any atom is 0.227 e. The number of amides is 1. The Bertz CT molecular complexity index is 214. The van der Waals surface area contributed by atoms with Gasteiger partial charge in [-0.3, -0.25) is 15.1 Å². The van der Waals surface area contributed by atoms with Crippen molar-refractivity contribution in [1.29, 1.82) is 0 Å². The van der Waals surface area contributed by atoms with Gasteiger partial charge in [-0.1, -0.05) is 0 Å². The normalized spacial score (nSPS) is 12.6. The van der Waals surface area contributed by atoms with Gasteiger partial charge in [0.1, 0.15) is 5.66 Å². The Morgan fingerprint density at radius 1 is 1.64 bits per heavy atom. The van der Waals surface area contributed by atoms with Crippen LogP contribution >= 0.6 is 11.8 Å². The Balaban J connectivity index is 3.89. The molecule has 0 heterocycles. The molecule has 0 rings (SSSR count). The molecule has 0 spiro atoms. The van der Waals surface area contributed by atoms with Crippen molar-refractivity contribution in [1.82, 2.24) is 5.32 Å². The molecule has 0 aromatic carbocycles. The number of nitrogens with zero attached hydrogens (tertiary/aromatic N) is 1. The average Bonchev–Trinajstić information content (AvgIpc) is 1.95. The van der Waals surface area contributed by atoms with E-state index in [1.54, 1.807) is 5.55 Å². The zero-order valence-corrected chi connectivity index (χ0v) is 10.0. The molecule has 1 amide bonds. The van der Waals surface area contributed by atoms with Crippen LogP contribution in [-0.2, 0) is 4.79 Å². The fourth-order valence-corrected chi connectivity index (χ4v) is 1.61. The molecule has 82 valence electrons. The van der Waals surface area contributed by atoms with Gasteiger partial charge in [0.15, 0.2) is 0 Å². The minimum Gasteiger partial charge on any atom is -0.369 e.